The average Bonchev–Trinajstić information content (AvgIpc) is 2.62. The summed E-state index contributed by atoms with van der Waals surface area (Å²) >= 11 is 0. The van der Waals surface area contributed by atoms with Crippen LogP contribution in [0.2, 0.25) is 0 Å². The molecule has 0 spiro atoms. The molecule has 3 aromatic carbocycles. The summed E-state index contributed by atoms with van der Waals surface area (Å²) in [5, 5.41) is 16.7. The average molecular weight is 350 g/mol. The molecule has 0 saturated heterocycles. The van der Waals surface area contributed by atoms with E-state index in [9.17, 15) is 14.7 Å². The van der Waals surface area contributed by atoms with Gasteiger partial charge in [-0.25, -0.2) is 9.59 Å². The number of esters is 1. The molecule has 0 aromatic heterocycles. The van der Waals surface area contributed by atoms with Crippen LogP contribution >= 0.6 is 0 Å². The Morgan fingerprint density at radius 1 is 1.00 bits per heavy atom. The fraction of sp³-hybridized carbons (Fsp3) is 0.100. The van der Waals surface area contributed by atoms with Gasteiger partial charge < -0.3 is 20.5 Å². The Kier molecular flexibility index (Phi) is 5.03. The van der Waals surface area contributed by atoms with Gasteiger partial charge in [-0.3, -0.25) is 0 Å². The van der Waals surface area contributed by atoms with Crippen molar-refractivity contribution in [3.8, 4) is 5.75 Å². The molecule has 0 heterocycles. The highest BCUT2D eigenvalue weighted by molar-refractivity contribution is 6.06. The number of amides is 2. The first-order valence-corrected chi connectivity index (χ1v) is 8.14. The van der Waals surface area contributed by atoms with Gasteiger partial charge in [0.1, 0.15) is 5.75 Å². The number of carbonyl (C=O) groups is 2. The van der Waals surface area contributed by atoms with E-state index in [0.717, 1.165) is 10.8 Å². The highest BCUT2D eigenvalue weighted by Crippen LogP contribution is 2.26. The van der Waals surface area contributed by atoms with Crippen LogP contribution in [0, 0.1) is 0 Å². The first kappa shape index (κ1) is 17.3. The van der Waals surface area contributed by atoms with Crippen LogP contribution in [-0.2, 0) is 4.74 Å². The van der Waals surface area contributed by atoms with Crippen LogP contribution in [0.25, 0.3) is 10.8 Å². The van der Waals surface area contributed by atoms with Crippen molar-refractivity contribution in [1.82, 2.24) is 0 Å². The zero-order chi connectivity index (χ0) is 18.5. The quantitative estimate of drug-likeness (QED) is 0.610. The van der Waals surface area contributed by atoms with E-state index in [4.69, 9.17) is 4.74 Å². The molecule has 6 nitrogen and oxygen atoms in total. The first-order chi connectivity index (χ1) is 12.6. The highest BCUT2D eigenvalue weighted by Gasteiger charge is 2.10. The summed E-state index contributed by atoms with van der Waals surface area (Å²) in [4.78, 5) is 24.1. The van der Waals surface area contributed by atoms with Gasteiger partial charge in [0.15, 0.2) is 0 Å². The third-order valence-electron chi connectivity index (χ3n) is 3.74. The fourth-order valence-corrected chi connectivity index (χ4v) is 2.60. The van der Waals surface area contributed by atoms with Gasteiger partial charge in [0, 0.05) is 11.1 Å². The number of aromatic hydroxyl groups is 1. The molecule has 0 aliphatic carbocycles. The molecule has 0 saturated carbocycles. The summed E-state index contributed by atoms with van der Waals surface area (Å²) in [6.07, 6.45) is 0. The van der Waals surface area contributed by atoms with E-state index >= 15 is 0 Å². The maximum atomic E-state index is 12.3. The normalized spacial score (nSPS) is 10.3. The molecule has 3 aromatic rings. The minimum Gasteiger partial charge on any atom is -0.508 e. The largest absolute Gasteiger partial charge is 0.508 e. The molecule has 132 valence electrons. The van der Waals surface area contributed by atoms with E-state index in [1.807, 2.05) is 6.07 Å². The van der Waals surface area contributed by atoms with Crippen molar-refractivity contribution in [2.24, 2.45) is 0 Å². The van der Waals surface area contributed by atoms with Crippen molar-refractivity contribution < 1.29 is 19.4 Å². The molecule has 26 heavy (non-hydrogen) atoms. The van der Waals surface area contributed by atoms with E-state index in [1.165, 1.54) is 0 Å². The second kappa shape index (κ2) is 7.57. The van der Waals surface area contributed by atoms with Crippen molar-refractivity contribution in [2.75, 3.05) is 17.2 Å². The maximum Gasteiger partial charge on any atom is 0.338 e. The molecule has 0 atom stereocenters. The SMILES string of the molecule is CCOC(=O)c1cccc(NC(=O)Nc2cccc3cc(O)ccc23)c1. The number of anilines is 2. The number of hydrogen-bond acceptors (Lipinski definition) is 4. The van der Waals surface area contributed by atoms with E-state index in [2.05, 4.69) is 10.6 Å². The van der Waals surface area contributed by atoms with Crippen LogP contribution in [-0.4, -0.2) is 23.7 Å². The Labute approximate surface area is 150 Å². The summed E-state index contributed by atoms with van der Waals surface area (Å²) in [6, 6.07) is 16.4. The fourth-order valence-electron chi connectivity index (χ4n) is 2.60. The number of hydrogen-bond donors (Lipinski definition) is 3. The number of phenols is 1. The van der Waals surface area contributed by atoms with E-state index < -0.39 is 12.0 Å². The van der Waals surface area contributed by atoms with Crippen LogP contribution in [0.15, 0.2) is 60.7 Å². The Morgan fingerprint density at radius 3 is 2.62 bits per heavy atom. The van der Waals surface area contributed by atoms with Crippen LogP contribution in [0.1, 0.15) is 17.3 Å². The minimum absolute atomic E-state index is 0.162. The Balaban J connectivity index is 1.76. The number of ether oxygens (including phenoxy) is 1. The summed E-state index contributed by atoms with van der Waals surface area (Å²) in [5.41, 5.74) is 1.46. The number of benzene rings is 3. The summed E-state index contributed by atoms with van der Waals surface area (Å²) < 4.78 is 4.95. The first-order valence-electron chi connectivity index (χ1n) is 8.14. The molecule has 0 unspecified atom stereocenters. The van der Waals surface area contributed by atoms with Gasteiger partial charge in [-0.1, -0.05) is 18.2 Å². The summed E-state index contributed by atoms with van der Waals surface area (Å²) in [6.45, 7) is 2.02. The Bertz CT molecular complexity index is 969. The van der Waals surface area contributed by atoms with Crippen LogP contribution in [0.3, 0.4) is 0 Å². The third-order valence-corrected chi connectivity index (χ3v) is 3.74. The van der Waals surface area contributed by atoms with Crippen LogP contribution < -0.4 is 10.6 Å². The van der Waals surface area contributed by atoms with Gasteiger partial charge >= 0.3 is 12.0 Å². The zero-order valence-electron chi connectivity index (χ0n) is 14.2. The molecule has 0 radical (unpaired) electrons. The van der Waals surface area contributed by atoms with Gasteiger partial charge in [-0.15, -0.1) is 0 Å². The van der Waals surface area contributed by atoms with Gasteiger partial charge in [0.25, 0.3) is 0 Å². The monoisotopic (exact) mass is 350 g/mol. The zero-order valence-corrected chi connectivity index (χ0v) is 14.2. The van der Waals surface area contributed by atoms with Crippen molar-refractivity contribution in [1.29, 1.82) is 0 Å². The molecule has 3 rings (SSSR count). The number of urea groups is 1. The smallest absolute Gasteiger partial charge is 0.338 e. The van der Waals surface area contributed by atoms with Crippen molar-refractivity contribution >= 4 is 34.1 Å². The van der Waals surface area contributed by atoms with E-state index in [1.54, 1.807) is 61.5 Å². The minimum atomic E-state index is -0.439. The van der Waals surface area contributed by atoms with Crippen LogP contribution in [0.5, 0.6) is 5.75 Å². The third kappa shape index (κ3) is 3.92. The maximum absolute atomic E-state index is 12.3. The standard InChI is InChI=1S/C20H18N2O4/c1-2-26-19(24)14-6-3-7-15(11-14)21-20(25)22-18-8-4-5-13-12-16(23)9-10-17(13)18/h3-12,23H,2H2,1H3,(H2,21,22,25). The van der Waals surface area contributed by atoms with E-state index in [-0.39, 0.29) is 12.4 Å². The number of nitrogens with one attached hydrogen (secondary N) is 2. The summed E-state index contributed by atoms with van der Waals surface area (Å²) in [7, 11) is 0. The lowest BCUT2D eigenvalue weighted by molar-refractivity contribution is 0.0526. The van der Waals surface area contributed by atoms with Gasteiger partial charge in [0.2, 0.25) is 0 Å². The molecular weight excluding hydrogens is 332 g/mol. The van der Waals surface area contributed by atoms with Gasteiger partial charge in [0.05, 0.1) is 17.9 Å². The Hall–Kier alpha value is -3.54. The molecule has 3 N–H and O–H groups in total. The lowest BCUT2D eigenvalue weighted by Crippen LogP contribution is -2.19. The van der Waals surface area contributed by atoms with Gasteiger partial charge in [-0.05, 0) is 54.8 Å². The van der Waals surface area contributed by atoms with E-state index in [0.29, 0.717) is 16.9 Å². The molecular formula is C20H18N2O4. The highest BCUT2D eigenvalue weighted by atomic mass is 16.5. The molecule has 0 fully saturated rings. The Morgan fingerprint density at radius 2 is 1.81 bits per heavy atom. The number of carbonyl (C=O) groups excluding carboxylic acids is 2. The predicted molar refractivity (Wildman–Crippen MR) is 101 cm³/mol. The molecule has 0 aliphatic rings. The number of phenolic OH excluding ortho intramolecular Hbond substituents is 1. The lowest BCUT2D eigenvalue weighted by Gasteiger charge is -2.11. The molecule has 6 heteroatoms. The number of rotatable bonds is 4. The summed E-state index contributed by atoms with van der Waals surface area (Å²) in [5.74, 6) is -0.277. The van der Waals surface area contributed by atoms with Crippen molar-refractivity contribution in [3.63, 3.8) is 0 Å². The lowest BCUT2D eigenvalue weighted by atomic mass is 10.1. The van der Waals surface area contributed by atoms with Crippen molar-refractivity contribution in [3.05, 3.63) is 66.2 Å². The predicted octanol–water partition coefficient (Wildman–Crippen LogP) is 4.37. The molecule has 0 aliphatic heterocycles. The van der Waals surface area contributed by atoms with Crippen molar-refractivity contribution in [2.45, 2.75) is 6.92 Å². The molecule has 0 bridgehead atoms. The molecule has 2 amide bonds. The second-order valence-corrected chi connectivity index (χ2v) is 5.59. The second-order valence-electron chi connectivity index (χ2n) is 5.59. The topological polar surface area (TPSA) is 87.7 Å². The number of fused-ring (bicyclic) bond motifs is 1. The van der Waals surface area contributed by atoms with Crippen LogP contribution in [0.4, 0.5) is 16.2 Å². The van der Waals surface area contributed by atoms with Gasteiger partial charge in [-0.2, -0.15) is 0 Å².